The van der Waals surface area contributed by atoms with Crippen molar-refractivity contribution in [2.75, 3.05) is 5.32 Å². The van der Waals surface area contributed by atoms with Gasteiger partial charge in [-0.25, -0.2) is 9.98 Å². The predicted octanol–water partition coefficient (Wildman–Crippen LogP) is 5.09. The fourth-order valence-corrected chi connectivity index (χ4v) is 2.34. The molecule has 3 N–H and O–H groups in total. The van der Waals surface area contributed by atoms with Gasteiger partial charge in [0.1, 0.15) is 12.0 Å². The van der Waals surface area contributed by atoms with E-state index in [1.807, 2.05) is 31.2 Å². The SMILES string of the molecule is Cc1ccc(-c2nc(CN=C(N)Nc3ccccc3OC(F)(F)F)co2)cc1.I. The molecule has 154 valence electrons. The van der Waals surface area contributed by atoms with Crippen LogP contribution in [0.5, 0.6) is 5.75 Å². The van der Waals surface area contributed by atoms with E-state index in [1.54, 1.807) is 6.07 Å². The fraction of sp³-hybridized carbons (Fsp3) is 0.158. The summed E-state index contributed by atoms with van der Waals surface area (Å²) in [6.45, 7) is 2.07. The van der Waals surface area contributed by atoms with Crippen molar-refractivity contribution in [3.8, 4) is 17.2 Å². The van der Waals surface area contributed by atoms with Crippen LogP contribution >= 0.6 is 24.0 Å². The molecule has 0 spiro atoms. The van der Waals surface area contributed by atoms with Crippen LogP contribution in [0, 0.1) is 6.92 Å². The number of halogens is 4. The number of rotatable bonds is 5. The highest BCUT2D eigenvalue weighted by molar-refractivity contribution is 14.0. The summed E-state index contributed by atoms with van der Waals surface area (Å²) in [4.78, 5) is 8.40. The quantitative estimate of drug-likeness (QED) is 0.279. The molecule has 0 saturated heterocycles. The number of anilines is 1. The normalized spacial score (nSPS) is 11.7. The third-order valence-corrected chi connectivity index (χ3v) is 3.64. The molecule has 6 nitrogen and oxygen atoms in total. The van der Waals surface area contributed by atoms with Gasteiger partial charge >= 0.3 is 6.36 Å². The summed E-state index contributed by atoms with van der Waals surface area (Å²) in [7, 11) is 0. The smallest absolute Gasteiger partial charge is 0.444 e. The zero-order chi connectivity index (χ0) is 20.1. The third-order valence-electron chi connectivity index (χ3n) is 3.64. The minimum absolute atomic E-state index is 0. The molecule has 0 bridgehead atoms. The molecule has 0 aliphatic rings. The van der Waals surface area contributed by atoms with Crippen molar-refractivity contribution in [3.05, 3.63) is 66.1 Å². The molecule has 2 aromatic carbocycles. The van der Waals surface area contributed by atoms with Gasteiger partial charge in [0.15, 0.2) is 11.7 Å². The second-order valence-corrected chi connectivity index (χ2v) is 5.88. The van der Waals surface area contributed by atoms with Gasteiger partial charge < -0.3 is 20.2 Å². The topological polar surface area (TPSA) is 85.7 Å². The van der Waals surface area contributed by atoms with E-state index in [4.69, 9.17) is 10.2 Å². The average Bonchev–Trinajstić information content (AvgIpc) is 3.10. The van der Waals surface area contributed by atoms with E-state index >= 15 is 0 Å². The van der Waals surface area contributed by atoms with E-state index in [0.29, 0.717) is 11.6 Å². The zero-order valence-electron chi connectivity index (χ0n) is 15.2. The summed E-state index contributed by atoms with van der Waals surface area (Å²) >= 11 is 0. The molecule has 1 heterocycles. The Bertz CT molecular complexity index is 972. The van der Waals surface area contributed by atoms with Crippen molar-refractivity contribution in [2.45, 2.75) is 19.8 Å². The first-order chi connectivity index (χ1) is 13.3. The molecule has 29 heavy (non-hydrogen) atoms. The van der Waals surface area contributed by atoms with Crippen LogP contribution in [-0.4, -0.2) is 17.3 Å². The number of aryl methyl sites for hydroxylation is 1. The molecule has 0 aliphatic carbocycles. The number of guanidine groups is 1. The second-order valence-electron chi connectivity index (χ2n) is 5.88. The minimum atomic E-state index is -4.81. The van der Waals surface area contributed by atoms with Crippen LogP contribution in [0.4, 0.5) is 18.9 Å². The van der Waals surface area contributed by atoms with Crippen molar-refractivity contribution in [1.29, 1.82) is 0 Å². The number of nitrogens with one attached hydrogen (secondary N) is 1. The number of aliphatic imine (C=N–C) groups is 1. The number of aromatic nitrogens is 1. The Labute approximate surface area is 182 Å². The summed E-state index contributed by atoms with van der Waals surface area (Å²) in [6, 6.07) is 13.2. The van der Waals surface area contributed by atoms with Crippen LogP contribution in [0.1, 0.15) is 11.3 Å². The van der Waals surface area contributed by atoms with E-state index in [1.165, 1.54) is 24.5 Å². The molecule has 0 fully saturated rings. The molecule has 0 radical (unpaired) electrons. The maximum Gasteiger partial charge on any atom is 0.573 e. The number of hydrogen-bond acceptors (Lipinski definition) is 4. The maximum atomic E-state index is 12.5. The summed E-state index contributed by atoms with van der Waals surface area (Å²) in [5.74, 6) is -0.0463. The van der Waals surface area contributed by atoms with E-state index in [2.05, 4.69) is 20.0 Å². The van der Waals surface area contributed by atoms with Crippen molar-refractivity contribution in [3.63, 3.8) is 0 Å². The van der Waals surface area contributed by atoms with Crippen molar-refractivity contribution in [2.24, 2.45) is 10.7 Å². The Morgan fingerprint density at radius 2 is 1.86 bits per heavy atom. The third kappa shape index (κ3) is 6.66. The lowest BCUT2D eigenvalue weighted by Crippen LogP contribution is -2.24. The van der Waals surface area contributed by atoms with Crippen molar-refractivity contribution >= 4 is 35.6 Å². The maximum absolute atomic E-state index is 12.5. The predicted molar refractivity (Wildman–Crippen MR) is 114 cm³/mol. The van der Waals surface area contributed by atoms with Gasteiger partial charge in [0, 0.05) is 5.56 Å². The van der Waals surface area contributed by atoms with E-state index < -0.39 is 12.1 Å². The van der Waals surface area contributed by atoms with Crippen LogP contribution in [0.3, 0.4) is 0 Å². The van der Waals surface area contributed by atoms with E-state index in [9.17, 15) is 13.2 Å². The second kappa shape index (κ2) is 9.63. The molecule has 0 aliphatic heterocycles. The summed E-state index contributed by atoms with van der Waals surface area (Å²) in [5.41, 5.74) is 8.28. The number of oxazole rings is 1. The Hall–Kier alpha value is -2.76. The summed E-state index contributed by atoms with van der Waals surface area (Å²) < 4.78 is 46.8. The standard InChI is InChI=1S/C19H17F3N4O2.HI/c1-12-6-8-13(9-7-12)17-25-14(11-27-17)10-24-18(23)26-15-4-2-3-5-16(15)28-19(20,21)22;/h2-9,11H,10H2,1H3,(H3,23,24,26);1H. The Balaban J connectivity index is 0.00000300. The van der Waals surface area contributed by atoms with Gasteiger partial charge in [-0.1, -0.05) is 29.8 Å². The molecular weight excluding hydrogens is 500 g/mol. The monoisotopic (exact) mass is 518 g/mol. The zero-order valence-corrected chi connectivity index (χ0v) is 17.6. The lowest BCUT2D eigenvalue weighted by atomic mass is 10.1. The molecule has 0 unspecified atom stereocenters. The number of hydrogen-bond donors (Lipinski definition) is 2. The van der Waals surface area contributed by atoms with Gasteiger partial charge in [-0.15, -0.1) is 37.1 Å². The molecule has 1 aromatic heterocycles. The van der Waals surface area contributed by atoms with Crippen molar-refractivity contribution in [1.82, 2.24) is 4.98 Å². The van der Waals surface area contributed by atoms with E-state index in [0.717, 1.165) is 11.1 Å². The highest BCUT2D eigenvalue weighted by atomic mass is 127. The largest absolute Gasteiger partial charge is 0.573 e. The highest BCUT2D eigenvalue weighted by Gasteiger charge is 2.32. The first-order valence-electron chi connectivity index (χ1n) is 8.23. The fourth-order valence-electron chi connectivity index (χ4n) is 2.34. The Morgan fingerprint density at radius 1 is 1.17 bits per heavy atom. The molecule has 10 heteroatoms. The van der Waals surface area contributed by atoms with Crippen LogP contribution < -0.4 is 15.8 Å². The molecule has 0 amide bonds. The number of nitrogens with zero attached hydrogens (tertiary/aromatic N) is 2. The summed E-state index contributed by atoms with van der Waals surface area (Å²) in [6.07, 6.45) is -3.36. The number of ether oxygens (including phenoxy) is 1. The van der Waals surface area contributed by atoms with E-state index in [-0.39, 0.29) is 42.2 Å². The van der Waals surface area contributed by atoms with Gasteiger partial charge in [0.2, 0.25) is 5.89 Å². The van der Waals surface area contributed by atoms with Crippen LogP contribution in [0.2, 0.25) is 0 Å². The summed E-state index contributed by atoms with van der Waals surface area (Å²) in [5, 5.41) is 2.59. The first kappa shape index (κ1) is 22.5. The highest BCUT2D eigenvalue weighted by Crippen LogP contribution is 2.29. The molecule has 0 atom stereocenters. The average molecular weight is 518 g/mol. The molecule has 3 aromatic rings. The van der Waals surface area contributed by atoms with Gasteiger partial charge in [-0.3, -0.25) is 0 Å². The van der Waals surface area contributed by atoms with Gasteiger partial charge in [-0.2, -0.15) is 0 Å². The van der Waals surface area contributed by atoms with Crippen LogP contribution in [0.15, 0.2) is 64.2 Å². The van der Waals surface area contributed by atoms with Crippen LogP contribution in [0.25, 0.3) is 11.5 Å². The molecule has 0 saturated carbocycles. The van der Waals surface area contributed by atoms with Gasteiger partial charge in [0.05, 0.1) is 12.2 Å². The lowest BCUT2D eigenvalue weighted by Gasteiger charge is -2.13. The molecule has 3 rings (SSSR count). The van der Waals surface area contributed by atoms with Gasteiger partial charge in [-0.05, 0) is 31.2 Å². The first-order valence-corrected chi connectivity index (χ1v) is 8.23. The Morgan fingerprint density at radius 3 is 2.55 bits per heavy atom. The Kier molecular flexibility index (Phi) is 7.48. The number of nitrogens with two attached hydrogens (primary N) is 1. The number of para-hydroxylation sites is 2. The van der Waals surface area contributed by atoms with Crippen molar-refractivity contribution < 1.29 is 22.3 Å². The number of alkyl halides is 3. The lowest BCUT2D eigenvalue weighted by molar-refractivity contribution is -0.274. The number of benzene rings is 2. The van der Waals surface area contributed by atoms with Gasteiger partial charge in [0.25, 0.3) is 0 Å². The van der Waals surface area contributed by atoms with Crippen LogP contribution in [-0.2, 0) is 6.54 Å². The minimum Gasteiger partial charge on any atom is -0.444 e. The molecular formula is C19H18F3IN4O2.